The van der Waals surface area contributed by atoms with Crippen LogP contribution >= 0.6 is 0 Å². The van der Waals surface area contributed by atoms with Crippen molar-refractivity contribution in [2.24, 2.45) is 0 Å². The van der Waals surface area contributed by atoms with Crippen molar-refractivity contribution in [3.05, 3.63) is 34.7 Å². The molecule has 1 aromatic carbocycles. The van der Waals surface area contributed by atoms with E-state index in [0.29, 0.717) is 6.54 Å². The van der Waals surface area contributed by atoms with Crippen LogP contribution in [0.3, 0.4) is 0 Å². The number of carbonyl (C=O) groups is 1. The highest BCUT2D eigenvalue weighted by Gasteiger charge is 2.09. The summed E-state index contributed by atoms with van der Waals surface area (Å²) in [5.41, 5.74) is 1.28. The molecule has 0 aliphatic heterocycles. The Balaban J connectivity index is 1.92. The third-order valence-electron chi connectivity index (χ3n) is 3.04. The summed E-state index contributed by atoms with van der Waals surface area (Å²) in [6, 6.07) is 7.28. The molecule has 2 N–H and O–H groups in total. The van der Waals surface area contributed by atoms with E-state index in [-0.39, 0.29) is 30.3 Å². The normalized spacial score (nSPS) is 11.7. The maximum absolute atomic E-state index is 11.8. The van der Waals surface area contributed by atoms with Gasteiger partial charge < -0.3 is 10.3 Å². The number of aromatic amines is 1. The average molecular weight is 311 g/mol. The molecule has 0 unspecified atom stereocenters. The third-order valence-corrected chi connectivity index (χ3v) is 3.98. The Bertz CT molecular complexity index is 804. The zero-order valence-electron chi connectivity index (χ0n) is 11.6. The van der Waals surface area contributed by atoms with Gasteiger partial charge in [-0.1, -0.05) is 12.1 Å². The standard InChI is InChI=1S/C13H17N3O4S/c1-21(19,20)9-6-12(17)14-7-8-16-11-5-3-2-4-10(11)15-13(16)18/h2-5H,6-9H2,1H3,(H,14,17)(H,15,18). The summed E-state index contributed by atoms with van der Waals surface area (Å²) in [6.45, 7) is 0.595. The number of sulfone groups is 1. The van der Waals surface area contributed by atoms with E-state index in [1.165, 1.54) is 4.57 Å². The molecule has 0 spiro atoms. The van der Waals surface area contributed by atoms with E-state index in [2.05, 4.69) is 10.3 Å². The van der Waals surface area contributed by atoms with E-state index in [4.69, 9.17) is 0 Å². The number of rotatable bonds is 6. The van der Waals surface area contributed by atoms with Crippen molar-refractivity contribution in [3.8, 4) is 0 Å². The van der Waals surface area contributed by atoms with Crippen LogP contribution in [0.25, 0.3) is 11.0 Å². The second-order valence-electron chi connectivity index (χ2n) is 4.83. The summed E-state index contributed by atoms with van der Waals surface area (Å²) in [4.78, 5) is 26.0. The highest BCUT2D eigenvalue weighted by Crippen LogP contribution is 2.08. The van der Waals surface area contributed by atoms with Crippen molar-refractivity contribution in [2.45, 2.75) is 13.0 Å². The van der Waals surface area contributed by atoms with Gasteiger partial charge in [-0.3, -0.25) is 9.36 Å². The number of nitrogens with one attached hydrogen (secondary N) is 2. The summed E-state index contributed by atoms with van der Waals surface area (Å²) in [7, 11) is -3.14. The molecule has 0 saturated heterocycles. The molecule has 2 aromatic rings. The number of hydrogen-bond acceptors (Lipinski definition) is 4. The quantitative estimate of drug-likeness (QED) is 0.776. The monoisotopic (exact) mass is 311 g/mol. The number of carbonyl (C=O) groups excluding carboxylic acids is 1. The number of para-hydroxylation sites is 2. The van der Waals surface area contributed by atoms with E-state index in [9.17, 15) is 18.0 Å². The minimum atomic E-state index is -3.14. The lowest BCUT2D eigenvalue weighted by atomic mass is 10.3. The zero-order chi connectivity index (χ0) is 15.5. The van der Waals surface area contributed by atoms with Gasteiger partial charge in [0.1, 0.15) is 9.84 Å². The molecule has 8 heteroatoms. The van der Waals surface area contributed by atoms with Gasteiger partial charge in [-0.2, -0.15) is 0 Å². The van der Waals surface area contributed by atoms with E-state index < -0.39 is 9.84 Å². The number of H-pyrrole nitrogens is 1. The minimum Gasteiger partial charge on any atom is -0.354 e. The summed E-state index contributed by atoms with van der Waals surface area (Å²) in [6.07, 6.45) is 1.02. The predicted molar refractivity (Wildman–Crippen MR) is 79.9 cm³/mol. The molecule has 1 amide bonds. The fourth-order valence-corrected chi connectivity index (χ4v) is 2.56. The van der Waals surface area contributed by atoms with Crippen molar-refractivity contribution >= 4 is 26.8 Å². The largest absolute Gasteiger partial charge is 0.354 e. The molecule has 0 fully saturated rings. The van der Waals surface area contributed by atoms with Crippen molar-refractivity contribution < 1.29 is 13.2 Å². The maximum atomic E-state index is 11.8. The van der Waals surface area contributed by atoms with Gasteiger partial charge in [0.05, 0.1) is 16.8 Å². The van der Waals surface area contributed by atoms with E-state index in [0.717, 1.165) is 17.3 Å². The second kappa shape index (κ2) is 6.13. The fourth-order valence-electron chi connectivity index (χ4n) is 2.00. The second-order valence-corrected chi connectivity index (χ2v) is 7.09. The highest BCUT2D eigenvalue weighted by atomic mass is 32.2. The smallest absolute Gasteiger partial charge is 0.326 e. The fraction of sp³-hybridized carbons (Fsp3) is 0.385. The molecule has 2 rings (SSSR count). The summed E-state index contributed by atoms with van der Waals surface area (Å²) in [5.74, 6) is -0.514. The first-order valence-corrected chi connectivity index (χ1v) is 8.55. The molecule has 114 valence electrons. The van der Waals surface area contributed by atoms with Crippen LogP contribution < -0.4 is 11.0 Å². The van der Waals surface area contributed by atoms with Crippen LogP contribution in [0.1, 0.15) is 6.42 Å². The molecule has 1 heterocycles. The molecular formula is C13H17N3O4S. The molecule has 0 bridgehead atoms. The van der Waals surface area contributed by atoms with Crippen molar-refractivity contribution in [1.82, 2.24) is 14.9 Å². The lowest BCUT2D eigenvalue weighted by Crippen LogP contribution is -2.31. The molecule has 0 aliphatic rings. The Hall–Kier alpha value is -2.09. The molecule has 0 atom stereocenters. The molecule has 1 aromatic heterocycles. The summed E-state index contributed by atoms with van der Waals surface area (Å²) in [5, 5.41) is 2.61. The van der Waals surface area contributed by atoms with Crippen LogP contribution in [0, 0.1) is 0 Å². The Labute approximate surface area is 121 Å². The topological polar surface area (TPSA) is 101 Å². The molecule has 0 radical (unpaired) electrons. The van der Waals surface area contributed by atoms with Crippen LogP contribution in [0.2, 0.25) is 0 Å². The van der Waals surface area contributed by atoms with Gasteiger partial charge in [-0.15, -0.1) is 0 Å². The Morgan fingerprint density at radius 1 is 1.33 bits per heavy atom. The van der Waals surface area contributed by atoms with Crippen LogP contribution in [0.4, 0.5) is 0 Å². The number of imidazole rings is 1. The maximum Gasteiger partial charge on any atom is 0.326 e. The Kier molecular flexibility index (Phi) is 4.46. The van der Waals surface area contributed by atoms with Crippen molar-refractivity contribution in [1.29, 1.82) is 0 Å². The number of benzene rings is 1. The lowest BCUT2D eigenvalue weighted by molar-refractivity contribution is -0.120. The summed E-state index contributed by atoms with van der Waals surface area (Å²) >= 11 is 0. The zero-order valence-corrected chi connectivity index (χ0v) is 12.4. The van der Waals surface area contributed by atoms with Crippen LogP contribution in [0.5, 0.6) is 0 Å². The first-order valence-electron chi connectivity index (χ1n) is 6.49. The summed E-state index contributed by atoms with van der Waals surface area (Å²) < 4.78 is 23.4. The molecular weight excluding hydrogens is 294 g/mol. The van der Waals surface area contributed by atoms with Crippen molar-refractivity contribution in [3.63, 3.8) is 0 Å². The van der Waals surface area contributed by atoms with Crippen LogP contribution in [-0.2, 0) is 21.2 Å². The first kappa shape index (κ1) is 15.3. The van der Waals surface area contributed by atoms with Gasteiger partial charge in [0.2, 0.25) is 5.91 Å². The van der Waals surface area contributed by atoms with Gasteiger partial charge in [0.15, 0.2) is 0 Å². The first-order chi connectivity index (χ1) is 9.87. The molecule has 21 heavy (non-hydrogen) atoms. The van der Waals surface area contributed by atoms with Gasteiger partial charge in [-0.05, 0) is 12.1 Å². The third kappa shape index (κ3) is 4.19. The van der Waals surface area contributed by atoms with Gasteiger partial charge >= 0.3 is 5.69 Å². The number of aromatic nitrogens is 2. The van der Waals surface area contributed by atoms with Gasteiger partial charge in [0, 0.05) is 25.8 Å². The van der Waals surface area contributed by atoms with Gasteiger partial charge in [-0.25, -0.2) is 13.2 Å². The number of amides is 1. The molecule has 0 saturated carbocycles. The molecule has 7 nitrogen and oxygen atoms in total. The Morgan fingerprint density at radius 3 is 2.76 bits per heavy atom. The Morgan fingerprint density at radius 2 is 2.05 bits per heavy atom. The van der Waals surface area contributed by atoms with E-state index >= 15 is 0 Å². The van der Waals surface area contributed by atoms with E-state index in [1.807, 2.05) is 18.2 Å². The predicted octanol–water partition coefficient (Wildman–Crippen LogP) is -0.119. The average Bonchev–Trinajstić information content (AvgIpc) is 2.72. The van der Waals surface area contributed by atoms with Crippen LogP contribution in [-0.4, -0.2) is 42.4 Å². The lowest BCUT2D eigenvalue weighted by Gasteiger charge is -2.06. The van der Waals surface area contributed by atoms with Gasteiger partial charge in [0.25, 0.3) is 0 Å². The van der Waals surface area contributed by atoms with Crippen molar-refractivity contribution in [2.75, 3.05) is 18.6 Å². The number of hydrogen-bond donors (Lipinski definition) is 2. The SMILES string of the molecule is CS(=O)(=O)CCC(=O)NCCn1c(=O)[nH]c2ccccc21. The minimum absolute atomic E-state index is 0.0678. The number of fused-ring (bicyclic) bond motifs is 1. The molecule has 0 aliphatic carbocycles. The van der Waals surface area contributed by atoms with Crippen LogP contribution in [0.15, 0.2) is 29.1 Å². The highest BCUT2D eigenvalue weighted by molar-refractivity contribution is 7.90. The number of nitrogens with zero attached hydrogens (tertiary/aromatic N) is 1. The van der Waals surface area contributed by atoms with E-state index in [1.54, 1.807) is 6.07 Å².